The Morgan fingerprint density at radius 1 is 0.889 bits per heavy atom. The molecule has 2 N–H and O–H groups in total. The molecule has 0 radical (unpaired) electrons. The second-order valence-electron chi connectivity index (χ2n) is 0.610. The zero-order chi connectivity index (χ0) is 5.15. The number of carbonyl (C=O) groups is 2. The van der Waals surface area contributed by atoms with E-state index in [9.17, 15) is 0 Å². The van der Waals surface area contributed by atoms with Gasteiger partial charge in [0.2, 0.25) is 0 Å². The molecule has 0 saturated heterocycles. The molecule has 7 heteroatoms. The Morgan fingerprint density at radius 3 is 1.00 bits per heavy atom. The first-order valence-corrected chi connectivity index (χ1v) is 1.11. The summed E-state index contributed by atoms with van der Waals surface area (Å²) in [5, 5.41) is 14.8. The van der Waals surface area contributed by atoms with Crippen molar-refractivity contribution in [2.24, 2.45) is 0 Å². The van der Waals surface area contributed by atoms with Crippen LogP contribution in [0.3, 0.4) is 0 Å². The van der Waals surface area contributed by atoms with Crippen molar-refractivity contribution in [2.75, 3.05) is 0 Å². The number of rotatable bonds is 0. The van der Waals surface area contributed by atoms with Crippen LogP contribution in [0, 0.1) is 0 Å². The summed E-state index contributed by atoms with van der Waals surface area (Å²) in [6.45, 7) is 0. The van der Waals surface area contributed by atoms with E-state index < -0.39 is 11.9 Å². The topological polar surface area (TPSA) is 74.6 Å². The van der Waals surface area contributed by atoms with Crippen molar-refractivity contribution < 1.29 is 24.5 Å². The number of halogens is 1. The fourth-order valence-electron chi connectivity index (χ4n) is 0. The predicted octanol–water partition coefficient (Wildman–Crippen LogP) is -2.52. The van der Waals surface area contributed by atoms with E-state index in [2.05, 4.69) is 0 Å². The first-order valence-electron chi connectivity index (χ1n) is 1.11. The van der Waals surface area contributed by atoms with Crippen LogP contribution in [-0.4, -0.2) is 97.6 Å². The number of hydrogen-bond acceptors (Lipinski definition) is 2. The normalized spacial score (nSPS) is 4.89. The second kappa shape index (κ2) is 12.1. The van der Waals surface area contributed by atoms with Crippen LogP contribution in [0.2, 0.25) is 0 Å². The van der Waals surface area contributed by atoms with Gasteiger partial charge < -0.3 is 10.2 Å². The van der Waals surface area contributed by atoms with E-state index in [1.807, 2.05) is 0 Å². The van der Waals surface area contributed by atoms with Crippen molar-refractivity contribution in [3.8, 4) is 0 Å². The van der Waals surface area contributed by atoms with Crippen LogP contribution < -0.4 is 0 Å². The van der Waals surface area contributed by atoms with Crippen molar-refractivity contribution in [1.82, 2.24) is 0 Å². The van der Waals surface area contributed by atoms with Gasteiger partial charge in [0.15, 0.2) is 0 Å². The summed E-state index contributed by atoms with van der Waals surface area (Å²) >= 11 is 0. The number of hydrogen-bond donors (Lipinski definition) is 2. The van der Waals surface area contributed by atoms with Gasteiger partial charge in [0.1, 0.15) is 0 Å². The molecule has 0 aliphatic heterocycles. The first kappa shape index (κ1) is 22.4. The Balaban J connectivity index is -0.0000000417. The maximum atomic E-state index is 9.10. The first-order chi connectivity index (χ1) is 2.64. The van der Waals surface area contributed by atoms with E-state index in [-0.39, 0.29) is 80.2 Å². The molecule has 0 aromatic rings. The van der Waals surface area contributed by atoms with Gasteiger partial charge in [-0.05, 0) is 0 Å². The van der Waals surface area contributed by atoms with E-state index in [0.29, 0.717) is 0 Å². The summed E-state index contributed by atoms with van der Waals surface area (Å²) < 4.78 is 0. The molecule has 9 heavy (non-hydrogen) atoms. The third-order valence-corrected chi connectivity index (χ3v) is 0.183. The summed E-state index contributed by atoms with van der Waals surface area (Å²) in [7, 11) is 0. The minimum absolute atomic E-state index is 0. The Hall–Kier alpha value is 1.39. The van der Waals surface area contributed by atoms with E-state index in [4.69, 9.17) is 19.8 Å². The SMILES string of the molecule is F.O=C(O)C(=O)O.[CaH2].[CaH2]. The molecule has 0 rings (SSSR count). The Bertz CT molecular complexity index is 82.6. The predicted molar refractivity (Wildman–Crippen MR) is 34.9 cm³/mol. The number of aliphatic carboxylic acids is 2. The molecule has 0 atom stereocenters. The molecule has 0 aliphatic rings. The van der Waals surface area contributed by atoms with E-state index in [1.165, 1.54) is 0 Å². The Morgan fingerprint density at radius 2 is 1.00 bits per heavy atom. The van der Waals surface area contributed by atoms with Crippen LogP contribution in [0.4, 0.5) is 4.70 Å². The van der Waals surface area contributed by atoms with Gasteiger partial charge in [-0.2, -0.15) is 0 Å². The third-order valence-electron chi connectivity index (χ3n) is 0.183. The summed E-state index contributed by atoms with van der Waals surface area (Å²) in [4.78, 5) is 18.2. The molecule has 0 heterocycles. The van der Waals surface area contributed by atoms with Crippen LogP contribution in [0.25, 0.3) is 0 Å². The Labute approximate surface area is 110 Å². The summed E-state index contributed by atoms with van der Waals surface area (Å²) in [5.41, 5.74) is 0. The number of carboxylic acids is 2. The molecule has 0 aliphatic carbocycles. The van der Waals surface area contributed by atoms with E-state index >= 15 is 0 Å². The van der Waals surface area contributed by atoms with Crippen LogP contribution >= 0.6 is 0 Å². The van der Waals surface area contributed by atoms with E-state index in [1.54, 1.807) is 0 Å². The van der Waals surface area contributed by atoms with Gasteiger partial charge >= 0.3 is 87.4 Å². The molecular formula is C2H7Ca2FO4. The average Bonchev–Trinajstić information content (AvgIpc) is 1.36. The third kappa shape index (κ3) is 17.7. The number of carboxylic acid groups (broad SMARTS) is 2. The molecule has 0 spiro atoms. The zero-order valence-electron chi connectivity index (χ0n) is 3.12. The average molecular weight is 194 g/mol. The fourth-order valence-corrected chi connectivity index (χ4v) is 0. The van der Waals surface area contributed by atoms with Gasteiger partial charge in [-0.15, -0.1) is 0 Å². The van der Waals surface area contributed by atoms with Gasteiger partial charge in [0, 0.05) is 0 Å². The Kier molecular flexibility index (Phi) is 30.2. The molecule has 0 amide bonds. The van der Waals surface area contributed by atoms with Crippen molar-refractivity contribution in [3.05, 3.63) is 0 Å². The van der Waals surface area contributed by atoms with E-state index in [0.717, 1.165) is 0 Å². The molecule has 0 aromatic heterocycles. The summed E-state index contributed by atoms with van der Waals surface area (Å²) in [6, 6.07) is 0. The standard InChI is InChI=1S/C2H2O4.2Ca.FH.4H/c3-1(4)2(5)6;;;;;;;/h(H,3,4)(H,5,6);;;1H;;;;. The summed E-state index contributed by atoms with van der Waals surface area (Å²) in [5.74, 6) is -3.65. The van der Waals surface area contributed by atoms with Gasteiger partial charge in [-0.3, -0.25) is 4.70 Å². The van der Waals surface area contributed by atoms with Crippen LogP contribution in [0.15, 0.2) is 0 Å². The molecular weight excluding hydrogens is 187 g/mol. The van der Waals surface area contributed by atoms with Gasteiger partial charge in [-0.1, -0.05) is 0 Å². The summed E-state index contributed by atoms with van der Waals surface area (Å²) in [6.07, 6.45) is 0. The maximum absolute atomic E-state index is 9.10. The molecule has 4 nitrogen and oxygen atoms in total. The fraction of sp³-hybridized carbons (Fsp3) is 0. The molecule has 0 fully saturated rings. The molecule has 0 bridgehead atoms. The molecule has 0 saturated carbocycles. The second-order valence-corrected chi connectivity index (χ2v) is 0.610. The molecule has 50 valence electrons. The zero-order valence-corrected chi connectivity index (χ0v) is 3.12. The minimum atomic E-state index is -1.82. The molecule has 0 unspecified atom stereocenters. The van der Waals surface area contributed by atoms with Crippen molar-refractivity contribution >= 4 is 87.4 Å². The molecule has 0 aromatic carbocycles. The van der Waals surface area contributed by atoms with Crippen LogP contribution in [-0.2, 0) is 9.59 Å². The van der Waals surface area contributed by atoms with Crippen LogP contribution in [0.1, 0.15) is 0 Å². The van der Waals surface area contributed by atoms with Crippen LogP contribution in [0.5, 0.6) is 0 Å². The quantitative estimate of drug-likeness (QED) is 0.329. The van der Waals surface area contributed by atoms with Crippen molar-refractivity contribution in [1.29, 1.82) is 0 Å². The van der Waals surface area contributed by atoms with Gasteiger partial charge in [-0.25, -0.2) is 9.59 Å². The van der Waals surface area contributed by atoms with Crippen molar-refractivity contribution in [2.45, 2.75) is 0 Å². The monoisotopic (exact) mass is 194 g/mol. The van der Waals surface area contributed by atoms with Gasteiger partial charge in [0.05, 0.1) is 0 Å². The van der Waals surface area contributed by atoms with Gasteiger partial charge in [0.25, 0.3) is 0 Å². The van der Waals surface area contributed by atoms with Crippen molar-refractivity contribution in [3.63, 3.8) is 0 Å².